The van der Waals surface area contributed by atoms with E-state index in [1.165, 1.54) is 0 Å². The van der Waals surface area contributed by atoms with Crippen molar-refractivity contribution in [2.45, 2.75) is 19.3 Å². The predicted molar refractivity (Wildman–Crippen MR) is 78.1 cm³/mol. The maximum absolute atomic E-state index is 12.3. The number of rotatable bonds is 3. The van der Waals surface area contributed by atoms with E-state index >= 15 is 0 Å². The minimum Gasteiger partial charge on any atom is -0.330 e. The lowest BCUT2D eigenvalue weighted by atomic mass is 9.95. The molecule has 100 valence electrons. The van der Waals surface area contributed by atoms with Crippen molar-refractivity contribution >= 4 is 33.1 Å². The summed E-state index contributed by atoms with van der Waals surface area (Å²) in [6, 6.07) is 5.83. The van der Waals surface area contributed by atoms with Gasteiger partial charge in [-0.25, -0.2) is 4.98 Å². The van der Waals surface area contributed by atoms with Crippen LogP contribution < -0.4 is 11.1 Å². The number of benzene rings is 1. The fraction of sp³-hybridized carbons (Fsp3) is 0.429. The van der Waals surface area contributed by atoms with Crippen LogP contribution in [0.5, 0.6) is 0 Å². The van der Waals surface area contributed by atoms with Gasteiger partial charge in [-0.15, -0.1) is 11.3 Å². The smallest absolute Gasteiger partial charge is 0.227 e. The number of hydrogen-bond acceptors (Lipinski definition) is 4. The first kappa shape index (κ1) is 12.6. The lowest BCUT2D eigenvalue weighted by molar-refractivity contribution is -0.120. The summed E-state index contributed by atoms with van der Waals surface area (Å²) in [6.45, 7) is 0.603. The van der Waals surface area contributed by atoms with Gasteiger partial charge in [0.1, 0.15) is 0 Å². The Hall–Kier alpha value is -1.46. The van der Waals surface area contributed by atoms with E-state index in [0.717, 1.165) is 35.2 Å². The van der Waals surface area contributed by atoms with Gasteiger partial charge in [-0.05, 0) is 43.5 Å². The monoisotopic (exact) mass is 275 g/mol. The van der Waals surface area contributed by atoms with Crippen LogP contribution in [0, 0.1) is 11.8 Å². The zero-order valence-corrected chi connectivity index (χ0v) is 11.5. The largest absolute Gasteiger partial charge is 0.330 e. The summed E-state index contributed by atoms with van der Waals surface area (Å²) in [7, 11) is 0. The molecule has 1 saturated carbocycles. The average molecular weight is 275 g/mol. The highest BCUT2D eigenvalue weighted by atomic mass is 32.1. The molecule has 1 heterocycles. The average Bonchev–Trinajstić information content (AvgIpc) is 3.06. The molecule has 1 aliphatic rings. The highest BCUT2D eigenvalue weighted by Crippen LogP contribution is 2.32. The van der Waals surface area contributed by atoms with Gasteiger partial charge in [0.05, 0.1) is 15.7 Å². The van der Waals surface area contributed by atoms with Gasteiger partial charge in [-0.3, -0.25) is 4.79 Å². The quantitative estimate of drug-likeness (QED) is 0.904. The molecule has 2 aromatic rings. The van der Waals surface area contributed by atoms with Gasteiger partial charge in [0, 0.05) is 11.6 Å². The van der Waals surface area contributed by atoms with Gasteiger partial charge < -0.3 is 11.1 Å². The van der Waals surface area contributed by atoms with Crippen LogP contribution >= 0.6 is 11.3 Å². The molecule has 0 bridgehead atoms. The molecule has 1 amide bonds. The molecule has 0 aliphatic heterocycles. The molecule has 4 nitrogen and oxygen atoms in total. The van der Waals surface area contributed by atoms with Crippen LogP contribution in [0.2, 0.25) is 0 Å². The molecule has 0 spiro atoms. The van der Waals surface area contributed by atoms with Crippen molar-refractivity contribution in [1.29, 1.82) is 0 Å². The van der Waals surface area contributed by atoms with Crippen LogP contribution in [-0.4, -0.2) is 17.4 Å². The van der Waals surface area contributed by atoms with Crippen molar-refractivity contribution in [3.8, 4) is 0 Å². The summed E-state index contributed by atoms with van der Waals surface area (Å²) in [4.78, 5) is 16.5. The third kappa shape index (κ3) is 2.48. The van der Waals surface area contributed by atoms with Gasteiger partial charge in [0.15, 0.2) is 0 Å². The van der Waals surface area contributed by atoms with E-state index < -0.39 is 0 Å². The molecule has 5 heteroatoms. The van der Waals surface area contributed by atoms with Crippen LogP contribution in [0.3, 0.4) is 0 Å². The predicted octanol–water partition coefficient (Wildman–Crippen LogP) is 2.61. The second-order valence-electron chi connectivity index (χ2n) is 5.06. The van der Waals surface area contributed by atoms with E-state index in [2.05, 4.69) is 10.3 Å². The first-order chi connectivity index (χ1) is 9.28. The van der Waals surface area contributed by atoms with Crippen molar-refractivity contribution in [2.75, 3.05) is 11.9 Å². The number of nitrogens with two attached hydrogens (primary N) is 1. The molecule has 19 heavy (non-hydrogen) atoms. The summed E-state index contributed by atoms with van der Waals surface area (Å²) in [5.41, 5.74) is 9.37. The van der Waals surface area contributed by atoms with E-state index in [-0.39, 0.29) is 11.8 Å². The number of carbonyl (C=O) groups excluding carboxylic acids is 1. The van der Waals surface area contributed by atoms with Crippen LogP contribution in [0.25, 0.3) is 10.2 Å². The Labute approximate surface area is 116 Å². The fourth-order valence-corrected chi connectivity index (χ4v) is 3.55. The summed E-state index contributed by atoms with van der Waals surface area (Å²) >= 11 is 1.58. The second-order valence-corrected chi connectivity index (χ2v) is 5.94. The number of nitrogens with one attached hydrogen (secondary N) is 1. The lowest BCUT2D eigenvalue weighted by Crippen LogP contribution is -2.29. The summed E-state index contributed by atoms with van der Waals surface area (Å²) < 4.78 is 1.10. The Kier molecular flexibility index (Phi) is 3.48. The van der Waals surface area contributed by atoms with E-state index in [9.17, 15) is 4.79 Å². The molecular weight excluding hydrogens is 258 g/mol. The van der Waals surface area contributed by atoms with Crippen LogP contribution in [0.15, 0.2) is 23.7 Å². The SMILES string of the molecule is NC[C@H]1CCC[C@H]1C(=O)Nc1ccc2ncsc2c1. The summed E-state index contributed by atoms with van der Waals surface area (Å²) in [6.07, 6.45) is 3.13. The minimum absolute atomic E-state index is 0.0714. The number of amides is 1. The normalized spacial score (nSPS) is 22.8. The standard InChI is InChI=1S/C14H17N3OS/c15-7-9-2-1-3-11(9)14(18)17-10-4-5-12-13(6-10)19-8-16-12/h4-6,8-9,11H,1-3,7,15H2,(H,17,18)/t9-,11-/m1/s1. The van der Waals surface area contributed by atoms with Gasteiger partial charge in [-0.1, -0.05) is 6.42 Å². The summed E-state index contributed by atoms with van der Waals surface area (Å²) in [5, 5.41) is 3.01. The van der Waals surface area contributed by atoms with Crippen LogP contribution in [0.4, 0.5) is 5.69 Å². The molecule has 0 radical (unpaired) electrons. The van der Waals surface area contributed by atoms with E-state index in [1.54, 1.807) is 11.3 Å². The molecule has 0 saturated heterocycles. The summed E-state index contributed by atoms with van der Waals surface area (Å²) in [5.74, 6) is 0.520. The maximum Gasteiger partial charge on any atom is 0.227 e. The van der Waals surface area contributed by atoms with E-state index in [1.807, 2.05) is 23.7 Å². The molecule has 1 aromatic carbocycles. The number of anilines is 1. The number of thiazole rings is 1. The molecule has 1 aliphatic carbocycles. The first-order valence-electron chi connectivity index (χ1n) is 6.62. The van der Waals surface area contributed by atoms with Crippen LogP contribution in [0.1, 0.15) is 19.3 Å². The lowest BCUT2D eigenvalue weighted by Gasteiger charge is -2.17. The van der Waals surface area contributed by atoms with E-state index in [4.69, 9.17) is 5.73 Å². The van der Waals surface area contributed by atoms with Gasteiger partial charge in [0.25, 0.3) is 0 Å². The van der Waals surface area contributed by atoms with E-state index in [0.29, 0.717) is 12.5 Å². The molecule has 3 N–H and O–H groups in total. The van der Waals surface area contributed by atoms with Gasteiger partial charge in [-0.2, -0.15) is 0 Å². The van der Waals surface area contributed by atoms with Crippen molar-refractivity contribution < 1.29 is 4.79 Å². The molecular formula is C14H17N3OS. The zero-order chi connectivity index (χ0) is 13.2. The Balaban J connectivity index is 1.74. The van der Waals surface area contributed by atoms with Crippen LogP contribution in [-0.2, 0) is 4.79 Å². The Morgan fingerprint density at radius 2 is 2.37 bits per heavy atom. The van der Waals surface area contributed by atoms with Crippen molar-refractivity contribution in [1.82, 2.24) is 4.98 Å². The highest BCUT2D eigenvalue weighted by molar-refractivity contribution is 7.16. The number of aromatic nitrogens is 1. The zero-order valence-electron chi connectivity index (χ0n) is 10.6. The molecule has 3 rings (SSSR count). The van der Waals surface area contributed by atoms with Crippen molar-refractivity contribution in [3.05, 3.63) is 23.7 Å². The molecule has 1 aromatic heterocycles. The number of hydrogen-bond donors (Lipinski definition) is 2. The molecule has 0 unspecified atom stereocenters. The second kappa shape index (κ2) is 5.27. The molecule has 2 atom stereocenters. The number of carbonyl (C=O) groups is 1. The van der Waals surface area contributed by atoms with Crippen molar-refractivity contribution in [3.63, 3.8) is 0 Å². The first-order valence-corrected chi connectivity index (χ1v) is 7.50. The molecule has 1 fully saturated rings. The highest BCUT2D eigenvalue weighted by Gasteiger charge is 2.31. The Morgan fingerprint density at radius 1 is 1.47 bits per heavy atom. The third-order valence-corrected chi connectivity index (χ3v) is 4.69. The topological polar surface area (TPSA) is 68.0 Å². The van der Waals surface area contributed by atoms with Gasteiger partial charge in [0.2, 0.25) is 5.91 Å². The minimum atomic E-state index is 0.0714. The Bertz CT molecular complexity index is 595. The van der Waals surface area contributed by atoms with Gasteiger partial charge >= 0.3 is 0 Å². The number of nitrogens with zero attached hydrogens (tertiary/aromatic N) is 1. The maximum atomic E-state index is 12.3. The number of fused-ring (bicyclic) bond motifs is 1. The van der Waals surface area contributed by atoms with Crippen molar-refractivity contribution in [2.24, 2.45) is 17.6 Å². The fourth-order valence-electron chi connectivity index (χ4n) is 2.83. The third-order valence-electron chi connectivity index (χ3n) is 3.90. The Morgan fingerprint density at radius 3 is 3.21 bits per heavy atom.